The number of benzene rings is 1. The Hall–Kier alpha value is -1.67. The lowest BCUT2D eigenvalue weighted by molar-refractivity contribution is -0.147. The van der Waals surface area contributed by atoms with Crippen molar-refractivity contribution in [2.24, 2.45) is 17.8 Å². The molecule has 1 saturated heterocycles. The van der Waals surface area contributed by atoms with Crippen LogP contribution in [0.3, 0.4) is 0 Å². The van der Waals surface area contributed by atoms with Crippen LogP contribution in [0.25, 0.3) is 0 Å². The maximum absolute atomic E-state index is 13.4. The van der Waals surface area contributed by atoms with E-state index in [9.17, 15) is 19.4 Å². The van der Waals surface area contributed by atoms with Gasteiger partial charge in [-0.25, -0.2) is 4.39 Å². The van der Waals surface area contributed by atoms with Gasteiger partial charge in [0.15, 0.2) is 0 Å². The van der Waals surface area contributed by atoms with E-state index < -0.39 is 18.0 Å². The average Bonchev–Trinajstić information content (AvgIpc) is 2.91. The fourth-order valence-electron chi connectivity index (χ4n) is 4.91. The smallest absolute Gasteiger partial charge is 0.306 e. The van der Waals surface area contributed by atoms with Gasteiger partial charge in [-0.3, -0.25) is 4.79 Å². The van der Waals surface area contributed by atoms with E-state index in [1.807, 2.05) is 19.9 Å². The van der Waals surface area contributed by atoms with Gasteiger partial charge in [-0.2, -0.15) is 0 Å². The van der Waals surface area contributed by atoms with Crippen molar-refractivity contribution in [3.8, 4) is 5.75 Å². The lowest BCUT2D eigenvalue weighted by atomic mass is 9.86. The van der Waals surface area contributed by atoms with Gasteiger partial charge in [-0.1, -0.05) is 23.8 Å². The standard InChI is InChI=1S/C26H36ClFO6/c1-16(2)34-26(31)5-3-4-17-6-8-23-22(24(30)13-25(23)33-14-17)9-7-20(29)15-32-21-11-18(27)10-19(28)12-21/h7,9-12,16-17,20,22-25,29-30H,3-6,8,13-15H2,1-2H3/b9-7+/t17-,20+,22+,23+,24+,25-/m0/s1. The van der Waals surface area contributed by atoms with Crippen molar-refractivity contribution in [3.63, 3.8) is 0 Å². The minimum Gasteiger partial charge on any atom is -0.490 e. The lowest BCUT2D eigenvalue weighted by Crippen LogP contribution is -2.22. The van der Waals surface area contributed by atoms with Crippen LogP contribution in [-0.2, 0) is 14.3 Å². The predicted molar refractivity (Wildman–Crippen MR) is 127 cm³/mol. The summed E-state index contributed by atoms with van der Waals surface area (Å²) in [5, 5.41) is 21.1. The number of hydrogen-bond donors (Lipinski definition) is 2. The molecule has 0 spiro atoms. The van der Waals surface area contributed by atoms with E-state index in [1.165, 1.54) is 18.2 Å². The predicted octanol–water partition coefficient (Wildman–Crippen LogP) is 4.69. The summed E-state index contributed by atoms with van der Waals surface area (Å²) in [6.45, 7) is 4.28. The molecule has 0 aromatic heterocycles. The molecule has 2 N–H and O–H groups in total. The number of hydrogen-bond acceptors (Lipinski definition) is 6. The number of aliphatic hydroxyl groups excluding tert-OH is 2. The highest BCUT2D eigenvalue weighted by atomic mass is 35.5. The van der Waals surface area contributed by atoms with Crippen molar-refractivity contribution >= 4 is 17.6 Å². The summed E-state index contributed by atoms with van der Waals surface area (Å²) in [5.41, 5.74) is 0. The second-order valence-corrected chi connectivity index (χ2v) is 10.1. The minimum absolute atomic E-state index is 0.0108. The van der Waals surface area contributed by atoms with Crippen LogP contribution < -0.4 is 4.74 Å². The topological polar surface area (TPSA) is 85.2 Å². The van der Waals surface area contributed by atoms with E-state index in [-0.39, 0.29) is 47.4 Å². The molecule has 0 bridgehead atoms. The first-order chi connectivity index (χ1) is 16.2. The third kappa shape index (κ3) is 8.22. The third-order valence-corrected chi connectivity index (χ3v) is 6.74. The number of carbonyl (C=O) groups is 1. The maximum atomic E-state index is 13.4. The minimum atomic E-state index is -0.904. The molecule has 34 heavy (non-hydrogen) atoms. The van der Waals surface area contributed by atoms with Crippen LogP contribution in [0.1, 0.15) is 52.4 Å². The van der Waals surface area contributed by atoms with Crippen LogP contribution in [0.5, 0.6) is 5.75 Å². The Balaban J connectivity index is 1.46. The molecule has 1 aliphatic heterocycles. The molecule has 190 valence electrons. The highest BCUT2D eigenvalue weighted by molar-refractivity contribution is 6.30. The molecule has 8 heteroatoms. The third-order valence-electron chi connectivity index (χ3n) is 6.52. The Morgan fingerprint density at radius 2 is 2.12 bits per heavy atom. The first-order valence-electron chi connectivity index (χ1n) is 12.2. The zero-order valence-corrected chi connectivity index (χ0v) is 20.6. The summed E-state index contributed by atoms with van der Waals surface area (Å²) in [5.74, 6) is 0.0447. The number of aliphatic hydroxyl groups is 2. The summed E-state index contributed by atoms with van der Waals surface area (Å²) >= 11 is 5.82. The van der Waals surface area contributed by atoms with Crippen molar-refractivity contribution in [1.82, 2.24) is 0 Å². The van der Waals surface area contributed by atoms with Gasteiger partial charge >= 0.3 is 5.97 Å². The van der Waals surface area contributed by atoms with Gasteiger partial charge < -0.3 is 24.4 Å². The van der Waals surface area contributed by atoms with Crippen LogP contribution in [0.15, 0.2) is 30.4 Å². The molecule has 1 heterocycles. The number of fused-ring (bicyclic) bond motifs is 1. The van der Waals surface area contributed by atoms with Gasteiger partial charge in [0, 0.05) is 36.5 Å². The molecule has 6 atom stereocenters. The van der Waals surface area contributed by atoms with Gasteiger partial charge in [-0.05, 0) is 63.5 Å². The van der Waals surface area contributed by atoms with Crippen molar-refractivity contribution < 1.29 is 33.6 Å². The molecule has 1 saturated carbocycles. The van der Waals surface area contributed by atoms with Gasteiger partial charge in [0.2, 0.25) is 0 Å². The number of ether oxygens (including phenoxy) is 3. The summed E-state index contributed by atoms with van der Waals surface area (Å²) in [7, 11) is 0. The number of halogens is 2. The van der Waals surface area contributed by atoms with Crippen molar-refractivity contribution in [3.05, 3.63) is 41.2 Å². The van der Waals surface area contributed by atoms with E-state index in [2.05, 4.69) is 0 Å². The molecule has 6 nitrogen and oxygen atoms in total. The Kier molecular flexibility index (Phi) is 10.2. The van der Waals surface area contributed by atoms with Gasteiger partial charge in [0.1, 0.15) is 24.3 Å². The van der Waals surface area contributed by atoms with Crippen LogP contribution in [0, 0.1) is 23.6 Å². The van der Waals surface area contributed by atoms with E-state index in [1.54, 1.807) is 6.08 Å². The molecule has 3 rings (SSSR count). The largest absolute Gasteiger partial charge is 0.490 e. The van der Waals surface area contributed by atoms with Gasteiger partial charge in [-0.15, -0.1) is 0 Å². The number of rotatable bonds is 10. The van der Waals surface area contributed by atoms with E-state index >= 15 is 0 Å². The van der Waals surface area contributed by atoms with Crippen LogP contribution >= 0.6 is 11.6 Å². The van der Waals surface area contributed by atoms with Crippen molar-refractivity contribution in [2.45, 2.75) is 76.8 Å². The maximum Gasteiger partial charge on any atom is 0.306 e. The van der Waals surface area contributed by atoms with Crippen molar-refractivity contribution in [1.29, 1.82) is 0 Å². The normalized spacial score (nSPS) is 28.0. The molecule has 2 aliphatic rings. The Labute approximate surface area is 206 Å². The Morgan fingerprint density at radius 1 is 1.32 bits per heavy atom. The molecular formula is C26H36ClFO6. The summed E-state index contributed by atoms with van der Waals surface area (Å²) < 4.78 is 30.2. The average molecular weight is 499 g/mol. The zero-order chi connectivity index (χ0) is 24.7. The van der Waals surface area contributed by atoms with Crippen LogP contribution in [-0.4, -0.2) is 53.8 Å². The van der Waals surface area contributed by atoms with Gasteiger partial charge in [0.25, 0.3) is 0 Å². The number of carbonyl (C=O) groups excluding carboxylic acids is 1. The Morgan fingerprint density at radius 3 is 2.85 bits per heavy atom. The molecule has 1 aliphatic carbocycles. The fourth-order valence-corrected chi connectivity index (χ4v) is 5.12. The first kappa shape index (κ1) is 26.9. The van der Waals surface area contributed by atoms with Crippen molar-refractivity contribution in [2.75, 3.05) is 13.2 Å². The number of esters is 1. The monoisotopic (exact) mass is 498 g/mol. The van der Waals surface area contributed by atoms with E-state index in [0.717, 1.165) is 25.7 Å². The fraction of sp³-hybridized carbons (Fsp3) is 0.654. The zero-order valence-electron chi connectivity index (χ0n) is 19.9. The second kappa shape index (κ2) is 12.9. The molecule has 0 unspecified atom stereocenters. The Bertz CT molecular complexity index is 811. The second-order valence-electron chi connectivity index (χ2n) is 9.66. The quantitative estimate of drug-likeness (QED) is 0.359. The highest BCUT2D eigenvalue weighted by Crippen LogP contribution is 2.42. The molecule has 2 fully saturated rings. The lowest BCUT2D eigenvalue weighted by Gasteiger charge is -2.21. The van der Waals surface area contributed by atoms with Gasteiger partial charge in [0.05, 0.1) is 18.3 Å². The van der Waals surface area contributed by atoms with Crippen LogP contribution in [0.2, 0.25) is 5.02 Å². The summed E-state index contributed by atoms with van der Waals surface area (Å²) in [6.07, 6.45) is 6.54. The van der Waals surface area contributed by atoms with E-state index in [4.69, 9.17) is 25.8 Å². The molecule has 0 amide bonds. The molecule has 0 radical (unpaired) electrons. The summed E-state index contributed by atoms with van der Waals surface area (Å²) in [4.78, 5) is 11.7. The van der Waals surface area contributed by atoms with Crippen LogP contribution in [0.4, 0.5) is 4.39 Å². The van der Waals surface area contributed by atoms with E-state index in [0.29, 0.717) is 25.4 Å². The summed E-state index contributed by atoms with van der Waals surface area (Å²) in [6, 6.07) is 3.88. The SMILES string of the molecule is CC(C)OC(=O)CCC[C@H]1CC[C@@H]2[C@@H](/C=C/[C@@H](O)COc3cc(F)cc(Cl)c3)[C@H](O)C[C@@H]2OC1. The first-order valence-corrected chi connectivity index (χ1v) is 12.5. The molecule has 1 aromatic carbocycles. The highest BCUT2D eigenvalue weighted by Gasteiger charge is 2.43. The molecular weight excluding hydrogens is 463 g/mol. The molecule has 1 aromatic rings.